The number of esters is 1. The van der Waals surface area contributed by atoms with Crippen LogP contribution >= 0.6 is 35.0 Å². The number of ether oxygens (including phenoxy) is 1. The predicted molar refractivity (Wildman–Crippen MR) is 140 cm³/mol. The Labute approximate surface area is 224 Å². The van der Waals surface area contributed by atoms with Crippen molar-refractivity contribution < 1.29 is 23.9 Å². The third kappa shape index (κ3) is 5.11. The summed E-state index contributed by atoms with van der Waals surface area (Å²) in [7, 11) is 0. The molecule has 4 aromatic rings. The van der Waals surface area contributed by atoms with Gasteiger partial charge in [-0.2, -0.15) is 0 Å². The first-order valence-electron chi connectivity index (χ1n) is 11.0. The molecule has 0 saturated carbocycles. The minimum Gasteiger partial charge on any atom is -0.454 e. The molecule has 1 N–H and O–H groups in total. The number of carbonyl (C=O) groups is 4. The molecular weight excluding hydrogens is 537 g/mol. The minimum absolute atomic E-state index is 0.0485. The van der Waals surface area contributed by atoms with Crippen LogP contribution in [0.5, 0.6) is 0 Å². The first kappa shape index (κ1) is 25.0. The Balaban J connectivity index is 1.29. The Bertz CT molecular complexity index is 1570. The zero-order chi connectivity index (χ0) is 26.1. The van der Waals surface area contributed by atoms with E-state index in [4.69, 9.17) is 27.9 Å². The van der Waals surface area contributed by atoms with Crippen LogP contribution in [-0.2, 0) is 14.3 Å². The van der Waals surface area contributed by atoms with E-state index in [0.29, 0.717) is 10.7 Å². The van der Waals surface area contributed by atoms with Gasteiger partial charge in [-0.25, -0.2) is 14.7 Å². The fourth-order valence-electron chi connectivity index (χ4n) is 3.88. The molecule has 1 aliphatic heterocycles. The predicted octanol–water partition coefficient (Wildman–Crippen LogP) is 5.33. The molecule has 0 spiro atoms. The first-order valence-corrected chi connectivity index (χ1v) is 12.7. The fourth-order valence-corrected chi connectivity index (χ4v) is 5.28. The Kier molecular flexibility index (Phi) is 7.01. The third-order valence-corrected chi connectivity index (χ3v) is 7.66. The molecule has 1 fully saturated rings. The topological polar surface area (TPSA) is 109 Å². The molecule has 8 nitrogen and oxygen atoms in total. The van der Waals surface area contributed by atoms with Gasteiger partial charge in [0.2, 0.25) is 11.8 Å². The zero-order valence-electron chi connectivity index (χ0n) is 18.9. The van der Waals surface area contributed by atoms with Crippen molar-refractivity contribution in [3.05, 3.63) is 88.2 Å². The van der Waals surface area contributed by atoms with E-state index in [-0.39, 0.29) is 33.5 Å². The van der Waals surface area contributed by atoms with Gasteiger partial charge in [0.25, 0.3) is 0 Å². The summed E-state index contributed by atoms with van der Waals surface area (Å²) in [6, 6.07) is 14.6. The van der Waals surface area contributed by atoms with E-state index in [2.05, 4.69) is 9.97 Å². The molecule has 3 heterocycles. The van der Waals surface area contributed by atoms with E-state index < -0.39 is 29.5 Å². The maximum atomic E-state index is 13.2. The average molecular weight is 554 g/mol. The second-order valence-electron chi connectivity index (χ2n) is 8.11. The summed E-state index contributed by atoms with van der Waals surface area (Å²) in [5.74, 6) is -1.99. The monoisotopic (exact) mass is 553 g/mol. The largest absolute Gasteiger partial charge is 0.454 e. The number of anilines is 1. The number of thioether (sulfide) groups is 1. The molecule has 37 heavy (non-hydrogen) atoms. The van der Waals surface area contributed by atoms with E-state index in [1.807, 2.05) is 12.1 Å². The molecule has 1 unspecified atom stereocenters. The quantitative estimate of drug-likeness (QED) is 0.187. The number of fused-ring (bicyclic) bond motifs is 1. The third-order valence-electron chi connectivity index (χ3n) is 5.72. The highest BCUT2D eigenvalue weighted by Gasteiger charge is 2.41. The van der Waals surface area contributed by atoms with Crippen molar-refractivity contribution in [2.75, 3.05) is 11.5 Å². The Morgan fingerprint density at radius 1 is 1.08 bits per heavy atom. The van der Waals surface area contributed by atoms with Gasteiger partial charge in [0.05, 0.1) is 26.5 Å². The number of nitrogens with one attached hydrogen (secondary N) is 1. The SMILES string of the molecule is O=C(COC(=O)c1cccnc1SC1CC(=O)N(c2ccc3cc[nH]c3c2)C1=O)c1ccc(Cl)c(Cl)c1. The summed E-state index contributed by atoms with van der Waals surface area (Å²) in [6.45, 7) is -0.522. The number of aromatic amines is 1. The lowest BCUT2D eigenvalue weighted by Gasteiger charge is -2.15. The molecule has 2 aromatic carbocycles. The van der Waals surface area contributed by atoms with Crippen LogP contribution < -0.4 is 4.90 Å². The molecule has 0 aliphatic carbocycles. The zero-order valence-corrected chi connectivity index (χ0v) is 21.3. The number of benzene rings is 2. The number of halogens is 2. The van der Waals surface area contributed by atoms with Crippen molar-refractivity contribution in [2.24, 2.45) is 0 Å². The van der Waals surface area contributed by atoms with Gasteiger partial charge in [-0.3, -0.25) is 14.4 Å². The van der Waals surface area contributed by atoms with Gasteiger partial charge in [0.1, 0.15) is 5.03 Å². The number of hydrogen-bond acceptors (Lipinski definition) is 7. The Hall–Kier alpha value is -3.66. The molecule has 1 saturated heterocycles. The number of amides is 2. The number of ketones is 1. The maximum Gasteiger partial charge on any atom is 0.341 e. The van der Waals surface area contributed by atoms with Crippen molar-refractivity contribution in [3.8, 4) is 0 Å². The number of aromatic nitrogens is 2. The summed E-state index contributed by atoms with van der Waals surface area (Å²) in [4.78, 5) is 59.6. The summed E-state index contributed by atoms with van der Waals surface area (Å²) in [5, 5.41) is 0.925. The van der Waals surface area contributed by atoms with Crippen molar-refractivity contribution >= 4 is 75.1 Å². The van der Waals surface area contributed by atoms with Gasteiger partial charge in [-0.15, -0.1) is 0 Å². The number of rotatable bonds is 7. The fraction of sp³-hybridized carbons (Fsp3) is 0.115. The van der Waals surface area contributed by atoms with Crippen molar-refractivity contribution in [1.82, 2.24) is 9.97 Å². The number of Topliss-reactive ketones (excluding diaryl/α,β-unsaturated/α-hetero) is 1. The number of carbonyl (C=O) groups excluding carboxylic acids is 4. The highest BCUT2D eigenvalue weighted by atomic mass is 35.5. The van der Waals surface area contributed by atoms with Crippen LogP contribution in [0.3, 0.4) is 0 Å². The van der Waals surface area contributed by atoms with Crippen LogP contribution in [0.1, 0.15) is 27.1 Å². The van der Waals surface area contributed by atoms with Crippen molar-refractivity contribution in [1.29, 1.82) is 0 Å². The van der Waals surface area contributed by atoms with Crippen molar-refractivity contribution in [3.63, 3.8) is 0 Å². The number of H-pyrrole nitrogens is 1. The second-order valence-corrected chi connectivity index (χ2v) is 10.1. The van der Waals surface area contributed by atoms with Gasteiger partial charge < -0.3 is 9.72 Å². The van der Waals surface area contributed by atoms with E-state index in [9.17, 15) is 19.2 Å². The smallest absolute Gasteiger partial charge is 0.341 e. The molecule has 0 radical (unpaired) electrons. The Morgan fingerprint density at radius 2 is 1.92 bits per heavy atom. The normalized spacial score (nSPS) is 15.4. The van der Waals surface area contributed by atoms with Crippen LogP contribution in [0.15, 0.2) is 72.0 Å². The van der Waals surface area contributed by atoms with Crippen LogP contribution in [0.25, 0.3) is 10.9 Å². The maximum absolute atomic E-state index is 13.2. The van der Waals surface area contributed by atoms with E-state index in [0.717, 1.165) is 27.6 Å². The molecule has 1 aliphatic rings. The first-order chi connectivity index (χ1) is 17.8. The van der Waals surface area contributed by atoms with Gasteiger partial charge in [0.15, 0.2) is 12.4 Å². The van der Waals surface area contributed by atoms with Gasteiger partial charge in [-0.1, -0.05) is 41.0 Å². The summed E-state index contributed by atoms with van der Waals surface area (Å²) >= 11 is 12.8. The number of pyridine rings is 1. The molecule has 2 aromatic heterocycles. The second kappa shape index (κ2) is 10.4. The van der Waals surface area contributed by atoms with Gasteiger partial charge in [0, 0.05) is 29.9 Å². The summed E-state index contributed by atoms with van der Waals surface area (Å²) < 4.78 is 5.21. The minimum atomic E-state index is -0.783. The summed E-state index contributed by atoms with van der Waals surface area (Å²) in [5.41, 5.74) is 1.60. The van der Waals surface area contributed by atoms with Crippen LogP contribution in [-0.4, -0.2) is 45.4 Å². The number of imide groups is 1. The highest BCUT2D eigenvalue weighted by molar-refractivity contribution is 8.00. The number of hydrogen-bond donors (Lipinski definition) is 1. The van der Waals surface area contributed by atoms with Crippen LogP contribution in [0, 0.1) is 0 Å². The lowest BCUT2D eigenvalue weighted by molar-refractivity contribution is -0.121. The van der Waals surface area contributed by atoms with E-state index in [1.54, 1.807) is 24.4 Å². The van der Waals surface area contributed by atoms with E-state index in [1.165, 1.54) is 30.5 Å². The highest BCUT2D eigenvalue weighted by Crippen LogP contribution is 2.35. The lowest BCUT2D eigenvalue weighted by Crippen LogP contribution is -2.31. The number of nitrogens with zero attached hydrogens (tertiary/aromatic N) is 2. The van der Waals surface area contributed by atoms with Crippen molar-refractivity contribution in [2.45, 2.75) is 16.7 Å². The van der Waals surface area contributed by atoms with Crippen LogP contribution in [0.4, 0.5) is 5.69 Å². The van der Waals surface area contributed by atoms with Gasteiger partial charge >= 0.3 is 5.97 Å². The molecule has 5 rings (SSSR count). The molecule has 186 valence electrons. The molecule has 0 bridgehead atoms. The lowest BCUT2D eigenvalue weighted by atomic mass is 10.1. The molecule has 11 heteroatoms. The Morgan fingerprint density at radius 3 is 2.73 bits per heavy atom. The average Bonchev–Trinajstić information content (AvgIpc) is 3.47. The molecular formula is C26H17Cl2N3O5S. The summed E-state index contributed by atoms with van der Waals surface area (Å²) in [6.07, 6.45) is 3.20. The molecule has 2 amide bonds. The van der Waals surface area contributed by atoms with Crippen LogP contribution in [0.2, 0.25) is 10.0 Å². The molecule has 1 atom stereocenters. The standard InChI is InChI=1S/C26H17Cl2N3O5S/c27-18-6-4-15(10-19(18)28)21(32)13-36-26(35)17-2-1-8-30-24(17)37-22-12-23(33)31(25(22)34)16-5-3-14-7-9-29-20(14)11-16/h1-11,22,29H,12-13H2. The van der Waals surface area contributed by atoms with Gasteiger partial charge in [-0.05, 0) is 53.9 Å². The van der Waals surface area contributed by atoms with E-state index >= 15 is 0 Å².